The Balaban J connectivity index is 1.48. The monoisotopic (exact) mass is 324 g/mol. The molecule has 0 bridgehead atoms. The maximum Gasteiger partial charge on any atom is 0.226 e. The number of likely N-dealkylation sites (tertiary alicyclic amines) is 1. The van der Waals surface area contributed by atoms with Gasteiger partial charge in [-0.1, -0.05) is 42.5 Å². The molecule has 1 aromatic rings. The number of hydrogen-bond donors (Lipinski definition) is 1. The molecule has 4 nitrogen and oxygen atoms in total. The first kappa shape index (κ1) is 15.4. The predicted octanol–water partition coefficient (Wildman–Crippen LogP) is 2.62. The van der Waals surface area contributed by atoms with Crippen LogP contribution in [0.15, 0.2) is 42.5 Å². The molecule has 1 spiro atoms. The maximum atomic E-state index is 12.6. The van der Waals surface area contributed by atoms with Crippen LogP contribution >= 0.6 is 0 Å². The van der Waals surface area contributed by atoms with Crippen LogP contribution in [0.4, 0.5) is 0 Å². The van der Waals surface area contributed by atoms with Gasteiger partial charge in [0.25, 0.3) is 0 Å². The highest BCUT2D eigenvalue weighted by atomic mass is 16.2. The molecule has 2 aliphatic heterocycles. The SMILES string of the molecule is O=C1CC(c2ccccc2)C2(CCN(C(=O)C3CC=CC3)CC2)N1. The van der Waals surface area contributed by atoms with Crippen LogP contribution in [0.25, 0.3) is 0 Å². The van der Waals surface area contributed by atoms with Gasteiger partial charge in [-0.25, -0.2) is 0 Å². The second-order valence-corrected chi connectivity index (χ2v) is 7.34. The third-order valence-corrected chi connectivity index (χ3v) is 5.97. The minimum absolute atomic E-state index is 0.141. The number of nitrogens with one attached hydrogen (secondary N) is 1. The number of carbonyl (C=O) groups is 2. The van der Waals surface area contributed by atoms with E-state index in [1.807, 2.05) is 23.1 Å². The molecule has 2 saturated heterocycles. The van der Waals surface area contributed by atoms with E-state index in [2.05, 4.69) is 29.6 Å². The number of carbonyl (C=O) groups excluding carboxylic acids is 2. The van der Waals surface area contributed by atoms with E-state index < -0.39 is 0 Å². The summed E-state index contributed by atoms with van der Waals surface area (Å²) in [6, 6.07) is 10.3. The summed E-state index contributed by atoms with van der Waals surface area (Å²) in [5, 5.41) is 3.26. The number of piperidine rings is 1. The highest BCUT2D eigenvalue weighted by Gasteiger charge is 2.49. The summed E-state index contributed by atoms with van der Waals surface area (Å²) in [5.41, 5.74) is 1.05. The van der Waals surface area contributed by atoms with Crippen LogP contribution in [0.1, 0.15) is 43.6 Å². The Kier molecular flexibility index (Phi) is 3.91. The number of rotatable bonds is 2. The van der Waals surface area contributed by atoms with Crippen molar-refractivity contribution in [2.75, 3.05) is 13.1 Å². The smallest absolute Gasteiger partial charge is 0.226 e. The number of hydrogen-bond acceptors (Lipinski definition) is 2. The molecule has 2 heterocycles. The Morgan fingerprint density at radius 2 is 1.75 bits per heavy atom. The molecule has 1 unspecified atom stereocenters. The van der Waals surface area contributed by atoms with Crippen molar-refractivity contribution in [1.82, 2.24) is 10.2 Å². The second kappa shape index (κ2) is 6.08. The van der Waals surface area contributed by atoms with E-state index in [0.717, 1.165) is 38.8 Å². The van der Waals surface area contributed by atoms with Crippen molar-refractivity contribution in [3.63, 3.8) is 0 Å². The summed E-state index contributed by atoms with van der Waals surface area (Å²) in [6.45, 7) is 1.50. The molecule has 0 aromatic heterocycles. The Morgan fingerprint density at radius 1 is 1.08 bits per heavy atom. The van der Waals surface area contributed by atoms with Crippen molar-refractivity contribution in [2.24, 2.45) is 5.92 Å². The summed E-state index contributed by atoms with van der Waals surface area (Å²) in [7, 11) is 0. The number of amides is 2. The Labute approximate surface area is 142 Å². The van der Waals surface area contributed by atoms with E-state index in [4.69, 9.17) is 0 Å². The van der Waals surface area contributed by atoms with Gasteiger partial charge < -0.3 is 10.2 Å². The molecule has 2 amide bonds. The lowest BCUT2D eigenvalue weighted by Gasteiger charge is -2.43. The third kappa shape index (κ3) is 2.64. The molecule has 0 saturated carbocycles. The normalized spacial score (nSPS) is 26.1. The van der Waals surface area contributed by atoms with E-state index in [1.165, 1.54) is 5.56 Å². The van der Waals surface area contributed by atoms with Gasteiger partial charge in [-0.2, -0.15) is 0 Å². The van der Waals surface area contributed by atoms with Gasteiger partial charge in [0.05, 0.1) is 5.54 Å². The van der Waals surface area contributed by atoms with Gasteiger partial charge in [-0.05, 0) is 31.2 Å². The first-order valence-electron chi connectivity index (χ1n) is 8.98. The lowest BCUT2D eigenvalue weighted by Crippen LogP contribution is -2.55. The predicted molar refractivity (Wildman–Crippen MR) is 92.4 cm³/mol. The molecular weight excluding hydrogens is 300 g/mol. The van der Waals surface area contributed by atoms with Gasteiger partial charge in [0, 0.05) is 31.3 Å². The van der Waals surface area contributed by atoms with Gasteiger partial charge in [0.2, 0.25) is 11.8 Å². The summed E-state index contributed by atoms with van der Waals surface area (Å²) in [6.07, 6.45) is 8.24. The molecule has 0 radical (unpaired) electrons. The van der Waals surface area contributed by atoms with E-state index in [0.29, 0.717) is 6.42 Å². The molecule has 2 fully saturated rings. The topological polar surface area (TPSA) is 49.4 Å². The zero-order chi connectivity index (χ0) is 16.6. The largest absolute Gasteiger partial charge is 0.350 e. The minimum atomic E-state index is -0.177. The van der Waals surface area contributed by atoms with E-state index >= 15 is 0 Å². The van der Waals surface area contributed by atoms with Crippen LogP contribution < -0.4 is 5.32 Å². The summed E-state index contributed by atoms with van der Waals surface area (Å²) in [5.74, 6) is 0.790. The van der Waals surface area contributed by atoms with Crippen LogP contribution in [0, 0.1) is 5.92 Å². The molecule has 126 valence electrons. The van der Waals surface area contributed by atoms with Crippen LogP contribution in [0.3, 0.4) is 0 Å². The fourth-order valence-corrected chi connectivity index (χ4v) is 4.60. The lowest BCUT2D eigenvalue weighted by atomic mass is 9.74. The van der Waals surface area contributed by atoms with Crippen molar-refractivity contribution in [3.05, 3.63) is 48.0 Å². The fourth-order valence-electron chi connectivity index (χ4n) is 4.60. The molecule has 4 heteroatoms. The summed E-state index contributed by atoms with van der Waals surface area (Å²) < 4.78 is 0. The molecule has 1 aromatic carbocycles. The first-order valence-corrected chi connectivity index (χ1v) is 8.98. The third-order valence-electron chi connectivity index (χ3n) is 5.97. The molecule has 1 atom stereocenters. The average molecular weight is 324 g/mol. The van der Waals surface area contributed by atoms with Gasteiger partial charge in [-0.3, -0.25) is 9.59 Å². The Hall–Kier alpha value is -2.10. The molecule has 3 aliphatic rings. The zero-order valence-electron chi connectivity index (χ0n) is 13.9. The maximum absolute atomic E-state index is 12.6. The van der Waals surface area contributed by atoms with Crippen molar-refractivity contribution in [1.29, 1.82) is 0 Å². The molecule has 1 aliphatic carbocycles. The number of nitrogens with zero attached hydrogens (tertiary/aromatic N) is 1. The highest BCUT2D eigenvalue weighted by molar-refractivity contribution is 5.82. The van der Waals surface area contributed by atoms with Gasteiger partial charge in [0.1, 0.15) is 0 Å². The Bertz CT molecular complexity index is 651. The van der Waals surface area contributed by atoms with Crippen LogP contribution in [0.2, 0.25) is 0 Å². The average Bonchev–Trinajstić information content (AvgIpc) is 3.24. The first-order chi connectivity index (χ1) is 11.7. The van der Waals surface area contributed by atoms with Gasteiger partial charge in [0.15, 0.2) is 0 Å². The fraction of sp³-hybridized carbons (Fsp3) is 0.500. The molecular formula is C20H24N2O2. The zero-order valence-corrected chi connectivity index (χ0v) is 13.9. The van der Waals surface area contributed by atoms with Crippen LogP contribution in [0.5, 0.6) is 0 Å². The quantitative estimate of drug-likeness (QED) is 0.850. The number of allylic oxidation sites excluding steroid dienone is 2. The standard InChI is InChI=1S/C20H24N2O2/c23-18-14-17(15-6-2-1-3-7-15)20(21-18)10-12-22(13-11-20)19(24)16-8-4-5-9-16/h1-7,16-17H,8-14H2,(H,21,23). The van der Waals surface area contributed by atoms with E-state index in [9.17, 15) is 9.59 Å². The summed E-state index contributed by atoms with van der Waals surface area (Å²) in [4.78, 5) is 26.8. The van der Waals surface area contributed by atoms with Crippen molar-refractivity contribution >= 4 is 11.8 Å². The lowest BCUT2D eigenvalue weighted by molar-refractivity contribution is -0.137. The minimum Gasteiger partial charge on any atom is -0.350 e. The molecule has 24 heavy (non-hydrogen) atoms. The van der Waals surface area contributed by atoms with Crippen molar-refractivity contribution in [3.8, 4) is 0 Å². The van der Waals surface area contributed by atoms with E-state index in [-0.39, 0.29) is 29.2 Å². The van der Waals surface area contributed by atoms with E-state index in [1.54, 1.807) is 0 Å². The molecule has 1 N–H and O–H groups in total. The van der Waals surface area contributed by atoms with Gasteiger partial charge >= 0.3 is 0 Å². The highest BCUT2D eigenvalue weighted by Crippen LogP contribution is 2.43. The molecule has 4 rings (SSSR count). The van der Waals surface area contributed by atoms with Crippen molar-refractivity contribution < 1.29 is 9.59 Å². The Morgan fingerprint density at radius 3 is 2.42 bits per heavy atom. The van der Waals surface area contributed by atoms with Gasteiger partial charge in [-0.15, -0.1) is 0 Å². The summed E-state index contributed by atoms with van der Waals surface area (Å²) >= 11 is 0. The van der Waals surface area contributed by atoms with Crippen molar-refractivity contribution in [2.45, 2.75) is 43.6 Å². The number of benzene rings is 1. The van der Waals surface area contributed by atoms with Crippen LogP contribution in [-0.2, 0) is 9.59 Å². The van der Waals surface area contributed by atoms with Crippen LogP contribution in [-0.4, -0.2) is 35.3 Å². The second-order valence-electron chi connectivity index (χ2n) is 7.34.